The highest BCUT2D eigenvalue weighted by molar-refractivity contribution is 9.09. The number of alkyl halides is 1. The molecular formula is C9H12BrN3O2. The number of rotatable bonds is 6. The van der Waals surface area contributed by atoms with Crippen molar-refractivity contribution in [3.8, 4) is 0 Å². The number of halogens is 1. The zero-order valence-electron chi connectivity index (χ0n) is 8.15. The van der Waals surface area contributed by atoms with E-state index in [2.05, 4.69) is 31.2 Å². The molecule has 0 saturated carbocycles. The highest BCUT2D eigenvalue weighted by Crippen LogP contribution is 1.91. The van der Waals surface area contributed by atoms with Crippen molar-refractivity contribution in [1.29, 1.82) is 0 Å². The van der Waals surface area contributed by atoms with Crippen LogP contribution >= 0.6 is 15.9 Å². The number of nitrogens with zero attached hydrogens (tertiary/aromatic N) is 2. The fourth-order valence-corrected chi connectivity index (χ4v) is 1.14. The Balaban J connectivity index is 2.20. The Bertz CT molecular complexity index is 295. The Morgan fingerprint density at radius 3 is 2.80 bits per heavy atom. The molecule has 5 nitrogen and oxygen atoms in total. The molecule has 0 aromatic carbocycles. The minimum absolute atomic E-state index is 0.182. The predicted octanol–water partition coefficient (Wildman–Crippen LogP) is 0.618. The maximum absolute atomic E-state index is 11.4. The van der Waals surface area contributed by atoms with Gasteiger partial charge in [0.05, 0.1) is 18.8 Å². The molecule has 0 radical (unpaired) electrons. The number of carbonyl (C=O) groups excluding carboxylic acids is 1. The van der Waals surface area contributed by atoms with E-state index in [0.717, 1.165) is 5.33 Å². The number of hydrogen-bond acceptors (Lipinski definition) is 4. The monoisotopic (exact) mass is 273 g/mol. The van der Waals surface area contributed by atoms with Gasteiger partial charge in [-0.3, -0.25) is 4.79 Å². The summed E-state index contributed by atoms with van der Waals surface area (Å²) < 4.78 is 5.18. The molecule has 0 aliphatic rings. The second-order valence-corrected chi connectivity index (χ2v) is 3.48. The highest BCUT2D eigenvalue weighted by atomic mass is 79.9. The van der Waals surface area contributed by atoms with Crippen molar-refractivity contribution in [3.63, 3.8) is 0 Å². The molecular weight excluding hydrogens is 262 g/mol. The van der Waals surface area contributed by atoms with Crippen LogP contribution in [0.15, 0.2) is 18.7 Å². The first-order valence-electron chi connectivity index (χ1n) is 4.51. The number of hydrogen-bond donors (Lipinski definition) is 1. The van der Waals surface area contributed by atoms with Crippen LogP contribution in [0.4, 0.5) is 0 Å². The maximum Gasteiger partial charge on any atom is 0.254 e. The third kappa shape index (κ3) is 4.85. The Labute approximate surface area is 96.4 Å². The molecule has 0 unspecified atom stereocenters. The fraction of sp³-hybridized carbons (Fsp3) is 0.444. The van der Waals surface area contributed by atoms with Gasteiger partial charge in [-0.15, -0.1) is 0 Å². The molecule has 6 heteroatoms. The van der Waals surface area contributed by atoms with Gasteiger partial charge in [0, 0.05) is 24.3 Å². The quantitative estimate of drug-likeness (QED) is 0.610. The van der Waals surface area contributed by atoms with Gasteiger partial charge in [0.25, 0.3) is 5.91 Å². The van der Waals surface area contributed by atoms with Crippen molar-refractivity contribution in [1.82, 2.24) is 15.3 Å². The number of carbonyl (C=O) groups is 1. The molecule has 1 aromatic rings. The van der Waals surface area contributed by atoms with E-state index in [0.29, 0.717) is 25.3 Å². The highest BCUT2D eigenvalue weighted by Gasteiger charge is 2.03. The number of aromatic nitrogens is 2. The summed E-state index contributed by atoms with van der Waals surface area (Å²) >= 11 is 3.24. The van der Waals surface area contributed by atoms with Gasteiger partial charge in [-0.2, -0.15) is 0 Å². The zero-order valence-corrected chi connectivity index (χ0v) is 9.74. The largest absolute Gasteiger partial charge is 0.379 e. The molecule has 0 aliphatic heterocycles. The van der Waals surface area contributed by atoms with Crippen LogP contribution in [0.1, 0.15) is 10.4 Å². The smallest absolute Gasteiger partial charge is 0.254 e. The van der Waals surface area contributed by atoms with E-state index in [9.17, 15) is 4.79 Å². The molecule has 0 aliphatic carbocycles. The van der Waals surface area contributed by atoms with Gasteiger partial charge in [-0.1, -0.05) is 15.9 Å². The van der Waals surface area contributed by atoms with Crippen LogP contribution in [-0.4, -0.2) is 41.0 Å². The minimum atomic E-state index is -0.182. The Morgan fingerprint density at radius 1 is 1.40 bits per heavy atom. The number of ether oxygens (including phenoxy) is 1. The number of nitrogens with one attached hydrogen (secondary N) is 1. The maximum atomic E-state index is 11.4. The third-order valence-corrected chi connectivity index (χ3v) is 1.90. The Morgan fingerprint density at radius 2 is 2.13 bits per heavy atom. The first kappa shape index (κ1) is 12.1. The van der Waals surface area contributed by atoms with Crippen LogP contribution in [0, 0.1) is 0 Å². The van der Waals surface area contributed by atoms with E-state index >= 15 is 0 Å². The summed E-state index contributed by atoms with van der Waals surface area (Å²) in [7, 11) is 0. The van der Waals surface area contributed by atoms with Crippen molar-refractivity contribution in [2.75, 3.05) is 25.1 Å². The van der Waals surface area contributed by atoms with E-state index in [4.69, 9.17) is 4.74 Å². The van der Waals surface area contributed by atoms with Gasteiger partial charge in [0.2, 0.25) is 0 Å². The average Bonchev–Trinajstić information content (AvgIpc) is 2.30. The van der Waals surface area contributed by atoms with Crippen molar-refractivity contribution in [2.45, 2.75) is 0 Å². The summed E-state index contributed by atoms with van der Waals surface area (Å²) in [5.41, 5.74) is 0.456. The lowest BCUT2D eigenvalue weighted by molar-refractivity contribution is 0.0923. The third-order valence-electron chi connectivity index (χ3n) is 1.58. The lowest BCUT2D eigenvalue weighted by Gasteiger charge is -2.04. The van der Waals surface area contributed by atoms with Gasteiger partial charge in [-0.25, -0.2) is 9.97 Å². The second-order valence-electron chi connectivity index (χ2n) is 2.68. The van der Waals surface area contributed by atoms with Crippen LogP contribution in [0.3, 0.4) is 0 Å². The molecule has 0 atom stereocenters. The topological polar surface area (TPSA) is 64.1 Å². The average molecular weight is 274 g/mol. The summed E-state index contributed by atoms with van der Waals surface area (Å²) in [5, 5.41) is 3.50. The number of amides is 1. The molecule has 1 rings (SSSR count). The van der Waals surface area contributed by atoms with Crippen LogP contribution in [0.25, 0.3) is 0 Å². The molecule has 1 N–H and O–H groups in total. The van der Waals surface area contributed by atoms with Crippen molar-refractivity contribution >= 4 is 21.8 Å². The Hall–Kier alpha value is -1.01. The molecule has 0 bridgehead atoms. The first-order chi connectivity index (χ1) is 7.34. The van der Waals surface area contributed by atoms with E-state index in [-0.39, 0.29) is 5.91 Å². The summed E-state index contributed by atoms with van der Waals surface area (Å²) in [6.45, 7) is 1.63. The van der Waals surface area contributed by atoms with Crippen LogP contribution in [-0.2, 0) is 4.74 Å². The normalized spacial score (nSPS) is 9.93. The summed E-state index contributed by atoms with van der Waals surface area (Å²) in [6, 6.07) is 0. The second kappa shape index (κ2) is 7.30. The van der Waals surface area contributed by atoms with Gasteiger partial charge >= 0.3 is 0 Å². The van der Waals surface area contributed by atoms with Crippen molar-refractivity contribution < 1.29 is 9.53 Å². The SMILES string of the molecule is O=C(NCCOCCBr)c1cncnc1. The van der Waals surface area contributed by atoms with Gasteiger partial charge in [0.1, 0.15) is 6.33 Å². The summed E-state index contributed by atoms with van der Waals surface area (Å²) in [6.07, 6.45) is 4.33. The van der Waals surface area contributed by atoms with Crippen LogP contribution in [0.5, 0.6) is 0 Å². The van der Waals surface area contributed by atoms with E-state index in [1.807, 2.05) is 0 Å². The van der Waals surface area contributed by atoms with Crippen molar-refractivity contribution in [3.05, 3.63) is 24.3 Å². The molecule has 0 spiro atoms. The molecule has 0 saturated heterocycles. The van der Waals surface area contributed by atoms with Gasteiger partial charge in [0.15, 0.2) is 0 Å². The molecule has 0 fully saturated rings. The molecule has 1 aromatic heterocycles. The first-order valence-corrected chi connectivity index (χ1v) is 5.63. The molecule has 15 heavy (non-hydrogen) atoms. The molecule has 1 amide bonds. The summed E-state index contributed by atoms with van der Waals surface area (Å²) in [4.78, 5) is 18.9. The molecule has 1 heterocycles. The van der Waals surface area contributed by atoms with E-state index in [1.54, 1.807) is 0 Å². The van der Waals surface area contributed by atoms with Gasteiger partial charge < -0.3 is 10.1 Å². The van der Waals surface area contributed by atoms with Crippen LogP contribution in [0.2, 0.25) is 0 Å². The lowest BCUT2D eigenvalue weighted by Crippen LogP contribution is -2.27. The minimum Gasteiger partial charge on any atom is -0.379 e. The van der Waals surface area contributed by atoms with E-state index in [1.165, 1.54) is 18.7 Å². The molecule has 82 valence electrons. The van der Waals surface area contributed by atoms with Crippen molar-refractivity contribution in [2.24, 2.45) is 0 Å². The van der Waals surface area contributed by atoms with E-state index < -0.39 is 0 Å². The predicted molar refractivity (Wildman–Crippen MR) is 59.0 cm³/mol. The van der Waals surface area contributed by atoms with Gasteiger partial charge in [-0.05, 0) is 0 Å². The zero-order chi connectivity index (χ0) is 10.9. The lowest BCUT2D eigenvalue weighted by atomic mass is 10.3. The summed E-state index contributed by atoms with van der Waals surface area (Å²) in [5.74, 6) is -0.182. The fourth-order valence-electron chi connectivity index (χ4n) is 0.912. The standard InChI is InChI=1S/C9H12BrN3O2/c10-1-3-15-4-2-13-9(14)8-5-11-7-12-6-8/h5-7H,1-4H2,(H,13,14). The van der Waals surface area contributed by atoms with Crippen LogP contribution < -0.4 is 5.32 Å². The Kier molecular flexibility index (Phi) is 5.87.